The first-order chi connectivity index (χ1) is 4.22. The van der Waals surface area contributed by atoms with Gasteiger partial charge in [0.15, 0.2) is 0 Å². The minimum absolute atomic E-state index is 0.00810. The van der Waals surface area contributed by atoms with Crippen LogP contribution in [0, 0.1) is 0 Å². The molecule has 0 heterocycles. The maximum absolute atomic E-state index is 9.14. The van der Waals surface area contributed by atoms with Gasteiger partial charge in [-0.3, -0.25) is 0 Å². The van der Waals surface area contributed by atoms with E-state index in [4.69, 9.17) is 16.6 Å². The highest BCUT2D eigenvalue weighted by molar-refractivity contribution is 4.86. The summed E-state index contributed by atoms with van der Waals surface area (Å²) in [5.41, 5.74) is 11.1. The second kappa shape index (κ2) is 2.64. The van der Waals surface area contributed by atoms with Crippen LogP contribution in [0.25, 0.3) is 0 Å². The lowest BCUT2D eigenvalue weighted by Gasteiger charge is -2.29. The van der Waals surface area contributed by atoms with Crippen molar-refractivity contribution >= 4 is 0 Å². The van der Waals surface area contributed by atoms with Crippen molar-refractivity contribution in [2.75, 3.05) is 0 Å². The molecule has 0 aromatic carbocycles. The van der Waals surface area contributed by atoms with Crippen LogP contribution in [0.4, 0.5) is 0 Å². The highest BCUT2D eigenvalue weighted by Gasteiger charge is 2.25. The number of nitrogens with two attached hydrogens (primary N) is 2. The zero-order valence-corrected chi connectivity index (χ0v) is 5.46. The summed E-state index contributed by atoms with van der Waals surface area (Å²) in [5, 5.41) is 9.14. The molecule has 54 valence electrons. The fourth-order valence-corrected chi connectivity index (χ4v) is 1.23. The average Bonchev–Trinajstić information content (AvgIpc) is 1.83. The predicted octanol–water partition coefficient (Wildman–Crippen LogP) is -0.814. The topological polar surface area (TPSA) is 72.3 Å². The number of hydrogen-bond donors (Lipinski definition) is 3. The molecule has 0 spiro atoms. The third kappa shape index (κ3) is 1.41. The molecule has 1 saturated carbocycles. The maximum Gasteiger partial charge on any atom is 0.0706 e. The van der Waals surface area contributed by atoms with Crippen LogP contribution in [0.5, 0.6) is 0 Å². The SMILES string of the molecule is NC1CCCC(O)[C@@H]1N. The molecule has 0 aromatic rings. The summed E-state index contributed by atoms with van der Waals surface area (Å²) in [6.45, 7) is 0. The molecule has 0 saturated heterocycles. The maximum atomic E-state index is 9.14. The molecule has 3 heteroatoms. The van der Waals surface area contributed by atoms with Gasteiger partial charge in [-0.15, -0.1) is 0 Å². The van der Waals surface area contributed by atoms with Gasteiger partial charge in [0.1, 0.15) is 0 Å². The van der Waals surface area contributed by atoms with Crippen molar-refractivity contribution in [3.63, 3.8) is 0 Å². The van der Waals surface area contributed by atoms with E-state index in [1.165, 1.54) is 0 Å². The third-order valence-electron chi connectivity index (χ3n) is 1.98. The molecule has 1 aliphatic rings. The lowest BCUT2D eigenvalue weighted by atomic mass is 9.89. The second-order valence-electron chi connectivity index (χ2n) is 2.74. The van der Waals surface area contributed by atoms with Gasteiger partial charge >= 0.3 is 0 Å². The summed E-state index contributed by atoms with van der Waals surface area (Å²) >= 11 is 0. The molecular formula is C6H14N2O. The Bertz CT molecular complexity index is 87.1. The molecule has 0 aliphatic heterocycles. The first-order valence-electron chi connectivity index (χ1n) is 3.41. The Kier molecular flexibility index (Phi) is 2.05. The van der Waals surface area contributed by atoms with E-state index in [-0.39, 0.29) is 18.2 Å². The zero-order valence-electron chi connectivity index (χ0n) is 5.46. The Morgan fingerprint density at radius 1 is 1.22 bits per heavy atom. The van der Waals surface area contributed by atoms with E-state index in [0.717, 1.165) is 19.3 Å². The van der Waals surface area contributed by atoms with E-state index in [9.17, 15) is 0 Å². The van der Waals surface area contributed by atoms with Gasteiger partial charge in [0.25, 0.3) is 0 Å². The van der Waals surface area contributed by atoms with Crippen LogP contribution in [0.15, 0.2) is 0 Å². The molecule has 2 unspecified atom stereocenters. The van der Waals surface area contributed by atoms with Gasteiger partial charge in [-0.05, 0) is 19.3 Å². The normalized spacial score (nSPS) is 45.0. The molecule has 0 bridgehead atoms. The zero-order chi connectivity index (χ0) is 6.85. The van der Waals surface area contributed by atoms with E-state index >= 15 is 0 Å². The molecule has 1 aliphatic carbocycles. The van der Waals surface area contributed by atoms with Crippen LogP contribution in [0.2, 0.25) is 0 Å². The number of aliphatic hydroxyl groups excluding tert-OH is 1. The van der Waals surface area contributed by atoms with Gasteiger partial charge in [0.2, 0.25) is 0 Å². The molecule has 1 rings (SSSR count). The van der Waals surface area contributed by atoms with E-state index in [1.807, 2.05) is 0 Å². The van der Waals surface area contributed by atoms with Crippen molar-refractivity contribution in [3.8, 4) is 0 Å². The summed E-state index contributed by atoms with van der Waals surface area (Å²) in [6, 6.07) is -0.188. The Labute approximate surface area is 55.0 Å². The molecule has 5 N–H and O–H groups in total. The molecule has 0 aromatic heterocycles. The second-order valence-corrected chi connectivity index (χ2v) is 2.74. The highest BCUT2D eigenvalue weighted by Crippen LogP contribution is 2.15. The third-order valence-corrected chi connectivity index (χ3v) is 1.98. The van der Waals surface area contributed by atoms with Gasteiger partial charge in [-0.2, -0.15) is 0 Å². The molecule has 3 nitrogen and oxygen atoms in total. The van der Waals surface area contributed by atoms with Crippen LogP contribution in [-0.2, 0) is 0 Å². The van der Waals surface area contributed by atoms with Crippen LogP contribution in [0.1, 0.15) is 19.3 Å². The summed E-state index contributed by atoms with van der Waals surface area (Å²) in [4.78, 5) is 0. The monoisotopic (exact) mass is 130 g/mol. The van der Waals surface area contributed by atoms with Crippen LogP contribution in [-0.4, -0.2) is 23.3 Å². The summed E-state index contributed by atoms with van der Waals surface area (Å²) in [5.74, 6) is 0. The highest BCUT2D eigenvalue weighted by atomic mass is 16.3. The Balaban J connectivity index is 2.41. The van der Waals surface area contributed by atoms with E-state index in [1.54, 1.807) is 0 Å². The Morgan fingerprint density at radius 3 is 2.33 bits per heavy atom. The first-order valence-corrected chi connectivity index (χ1v) is 3.41. The molecular weight excluding hydrogens is 116 g/mol. The number of rotatable bonds is 0. The number of aliphatic hydroxyl groups is 1. The van der Waals surface area contributed by atoms with Crippen molar-refractivity contribution in [2.24, 2.45) is 11.5 Å². The predicted molar refractivity (Wildman–Crippen MR) is 35.8 cm³/mol. The van der Waals surface area contributed by atoms with Crippen molar-refractivity contribution < 1.29 is 5.11 Å². The Hall–Kier alpha value is -0.120. The first kappa shape index (κ1) is 6.99. The van der Waals surface area contributed by atoms with Crippen molar-refractivity contribution in [2.45, 2.75) is 37.5 Å². The van der Waals surface area contributed by atoms with Gasteiger partial charge < -0.3 is 16.6 Å². The Morgan fingerprint density at radius 2 is 1.89 bits per heavy atom. The molecule has 9 heavy (non-hydrogen) atoms. The fourth-order valence-electron chi connectivity index (χ4n) is 1.23. The minimum Gasteiger partial charge on any atom is -0.391 e. The van der Waals surface area contributed by atoms with Crippen LogP contribution < -0.4 is 11.5 Å². The molecule has 3 atom stereocenters. The number of hydrogen-bond acceptors (Lipinski definition) is 3. The quantitative estimate of drug-likeness (QED) is 0.401. The van der Waals surface area contributed by atoms with Gasteiger partial charge in [0.05, 0.1) is 6.10 Å². The molecule has 1 fully saturated rings. The molecule has 0 amide bonds. The van der Waals surface area contributed by atoms with Gasteiger partial charge in [0, 0.05) is 12.1 Å². The summed E-state index contributed by atoms with van der Waals surface area (Å²) < 4.78 is 0. The largest absolute Gasteiger partial charge is 0.391 e. The minimum atomic E-state index is -0.367. The van der Waals surface area contributed by atoms with E-state index in [2.05, 4.69) is 0 Å². The van der Waals surface area contributed by atoms with E-state index in [0.29, 0.717) is 0 Å². The van der Waals surface area contributed by atoms with Gasteiger partial charge in [-0.1, -0.05) is 0 Å². The lowest BCUT2D eigenvalue weighted by molar-refractivity contribution is 0.0976. The summed E-state index contributed by atoms with van der Waals surface area (Å²) in [6.07, 6.45) is 2.41. The van der Waals surface area contributed by atoms with Crippen molar-refractivity contribution in [3.05, 3.63) is 0 Å². The fraction of sp³-hybridized carbons (Fsp3) is 1.00. The summed E-state index contributed by atoms with van der Waals surface area (Å²) in [7, 11) is 0. The lowest BCUT2D eigenvalue weighted by Crippen LogP contribution is -2.51. The van der Waals surface area contributed by atoms with Gasteiger partial charge in [-0.25, -0.2) is 0 Å². The smallest absolute Gasteiger partial charge is 0.0706 e. The van der Waals surface area contributed by atoms with E-state index < -0.39 is 0 Å². The van der Waals surface area contributed by atoms with Crippen molar-refractivity contribution in [1.29, 1.82) is 0 Å². The molecule has 0 radical (unpaired) electrons. The standard InChI is InChI=1S/C6H14N2O/c7-4-2-1-3-5(9)6(4)8/h4-6,9H,1-3,7-8H2/t4?,5?,6-/m1/s1. The van der Waals surface area contributed by atoms with Crippen LogP contribution in [0.3, 0.4) is 0 Å². The van der Waals surface area contributed by atoms with Crippen molar-refractivity contribution in [1.82, 2.24) is 0 Å². The average molecular weight is 130 g/mol. The van der Waals surface area contributed by atoms with Crippen LogP contribution >= 0.6 is 0 Å².